The number of benzene rings is 3. The van der Waals surface area contributed by atoms with Crippen LogP contribution in [0.1, 0.15) is 0 Å². The summed E-state index contributed by atoms with van der Waals surface area (Å²) in [4.78, 5) is 4.00. The Bertz CT molecular complexity index is 1270. The van der Waals surface area contributed by atoms with Crippen LogP contribution in [0.2, 0.25) is 0 Å². The monoisotopic (exact) mass is 435 g/mol. The van der Waals surface area contributed by atoms with Crippen molar-refractivity contribution in [3.8, 4) is 34.0 Å². The van der Waals surface area contributed by atoms with Gasteiger partial charge in [0.25, 0.3) is 10.0 Å². The summed E-state index contributed by atoms with van der Waals surface area (Å²) in [6, 6.07) is 24.7. The highest BCUT2D eigenvalue weighted by Crippen LogP contribution is 2.28. The molecule has 1 heterocycles. The van der Waals surface area contributed by atoms with Crippen molar-refractivity contribution in [1.29, 1.82) is 0 Å². The van der Waals surface area contributed by atoms with Crippen molar-refractivity contribution in [2.24, 2.45) is 0 Å². The Morgan fingerprint density at radius 3 is 1.87 bits per heavy atom. The van der Waals surface area contributed by atoms with Crippen LogP contribution in [0.5, 0.6) is 11.5 Å². The highest BCUT2D eigenvalue weighted by molar-refractivity contribution is 7.92. The molecule has 0 aliphatic heterocycles. The minimum absolute atomic E-state index is 0.150. The molecule has 0 aliphatic rings. The highest BCUT2D eigenvalue weighted by atomic mass is 32.2. The van der Waals surface area contributed by atoms with Crippen molar-refractivity contribution in [2.45, 2.75) is 4.90 Å². The van der Waals surface area contributed by atoms with Gasteiger partial charge >= 0.3 is 0 Å². The normalized spacial score (nSPS) is 11.2. The topological polar surface area (TPSA) is 82.5 Å². The first-order chi connectivity index (χ1) is 15.0. The second-order valence-corrected chi connectivity index (χ2v) is 8.35. The molecular weight excluding hydrogens is 414 g/mol. The van der Waals surface area contributed by atoms with Gasteiger partial charge in [0.2, 0.25) is 0 Å². The molecule has 158 valence electrons. The number of nitrogens with one attached hydrogen (secondary N) is 1. The van der Waals surface area contributed by atoms with Crippen molar-refractivity contribution in [3.05, 3.63) is 84.9 Å². The van der Waals surface area contributed by atoms with Gasteiger partial charge in [-0.1, -0.05) is 18.2 Å². The average Bonchev–Trinajstić information content (AvgIpc) is 3.22. The number of hydrogen-bond donors (Lipinski definition) is 1. The summed E-state index contributed by atoms with van der Waals surface area (Å²) < 4.78 is 36.2. The molecule has 8 heteroatoms. The molecule has 0 radical (unpaired) electrons. The smallest absolute Gasteiger partial charge is 0.276 e. The maximum atomic E-state index is 12.9. The predicted octanol–water partition coefficient (Wildman–Crippen LogP) is 4.17. The minimum Gasteiger partial charge on any atom is -0.497 e. The standard InChI is InChI=1S/C23H21N3O4S/c1-29-19-12-8-17(9-13-19)22-16-23(18-10-14-20(30-2)15-11-18)26(24-22)25-31(27,28)21-6-4-3-5-7-21/h3-16,25H,1-2H3. The Hall–Kier alpha value is -3.78. The summed E-state index contributed by atoms with van der Waals surface area (Å²) in [6.45, 7) is 0. The minimum atomic E-state index is -3.83. The molecular formula is C23H21N3O4S. The lowest BCUT2D eigenvalue weighted by atomic mass is 10.1. The van der Waals surface area contributed by atoms with Crippen molar-refractivity contribution in [1.82, 2.24) is 9.89 Å². The van der Waals surface area contributed by atoms with Gasteiger partial charge in [-0.3, -0.25) is 0 Å². The predicted molar refractivity (Wildman–Crippen MR) is 119 cm³/mol. The van der Waals surface area contributed by atoms with E-state index >= 15 is 0 Å². The zero-order chi connectivity index (χ0) is 21.8. The molecule has 3 aromatic carbocycles. The van der Waals surface area contributed by atoms with E-state index in [0.29, 0.717) is 17.1 Å². The molecule has 4 rings (SSSR count). The van der Waals surface area contributed by atoms with Crippen molar-refractivity contribution >= 4 is 10.0 Å². The maximum Gasteiger partial charge on any atom is 0.276 e. The van der Waals surface area contributed by atoms with Crippen LogP contribution in [-0.4, -0.2) is 32.5 Å². The lowest BCUT2D eigenvalue weighted by Crippen LogP contribution is -2.25. The first kappa shape index (κ1) is 20.5. The quantitative estimate of drug-likeness (QED) is 0.471. The van der Waals surface area contributed by atoms with Gasteiger partial charge in [-0.25, -0.2) is 0 Å². The van der Waals surface area contributed by atoms with E-state index in [0.717, 1.165) is 16.9 Å². The van der Waals surface area contributed by atoms with Gasteiger partial charge < -0.3 is 9.47 Å². The van der Waals surface area contributed by atoms with Crippen LogP contribution in [0.25, 0.3) is 22.5 Å². The molecule has 0 saturated carbocycles. The third kappa shape index (κ3) is 4.39. The van der Waals surface area contributed by atoms with Crippen LogP contribution < -0.4 is 14.3 Å². The largest absolute Gasteiger partial charge is 0.497 e. The lowest BCUT2D eigenvalue weighted by Gasteiger charge is -2.11. The molecule has 0 atom stereocenters. The van der Waals surface area contributed by atoms with Gasteiger partial charge in [-0.05, 0) is 66.7 Å². The molecule has 7 nitrogen and oxygen atoms in total. The van der Waals surface area contributed by atoms with Crippen LogP contribution in [-0.2, 0) is 10.0 Å². The molecule has 0 bridgehead atoms. The third-order valence-electron chi connectivity index (χ3n) is 4.74. The number of ether oxygens (including phenoxy) is 2. The number of sulfonamides is 1. The van der Waals surface area contributed by atoms with Crippen LogP contribution in [0, 0.1) is 0 Å². The van der Waals surface area contributed by atoms with Crippen molar-refractivity contribution < 1.29 is 17.9 Å². The van der Waals surface area contributed by atoms with E-state index in [4.69, 9.17) is 9.47 Å². The zero-order valence-electron chi connectivity index (χ0n) is 17.0. The third-order valence-corrected chi connectivity index (χ3v) is 6.05. The van der Waals surface area contributed by atoms with E-state index in [1.54, 1.807) is 32.4 Å². The molecule has 0 unspecified atom stereocenters. The Balaban J connectivity index is 1.78. The van der Waals surface area contributed by atoms with Crippen LogP contribution in [0.3, 0.4) is 0 Å². The molecule has 0 aliphatic carbocycles. The summed E-state index contributed by atoms with van der Waals surface area (Å²) in [5.41, 5.74) is 2.81. The fraction of sp³-hybridized carbons (Fsp3) is 0.0870. The van der Waals surface area contributed by atoms with Crippen molar-refractivity contribution in [3.63, 3.8) is 0 Å². The molecule has 0 fully saturated rings. The summed E-state index contributed by atoms with van der Waals surface area (Å²) in [6.07, 6.45) is 0. The molecule has 1 N–H and O–H groups in total. The summed E-state index contributed by atoms with van der Waals surface area (Å²) in [5, 5.41) is 4.52. The SMILES string of the molecule is COc1ccc(-c2cc(-c3ccc(OC)cc3)n(NS(=O)(=O)c3ccccc3)n2)cc1. The number of rotatable bonds is 7. The Kier molecular flexibility index (Phi) is 5.64. The van der Waals surface area contributed by atoms with E-state index in [1.165, 1.54) is 16.9 Å². The summed E-state index contributed by atoms with van der Waals surface area (Å²) >= 11 is 0. The number of methoxy groups -OCH3 is 2. The Morgan fingerprint density at radius 1 is 0.774 bits per heavy atom. The van der Waals surface area contributed by atoms with Crippen LogP contribution in [0.4, 0.5) is 0 Å². The molecule has 4 aromatic rings. The van der Waals surface area contributed by atoms with Crippen LogP contribution in [0.15, 0.2) is 89.8 Å². The number of aromatic nitrogens is 2. The first-order valence-corrected chi connectivity index (χ1v) is 11.0. The zero-order valence-corrected chi connectivity index (χ0v) is 17.8. The van der Waals surface area contributed by atoms with Gasteiger partial charge in [0.15, 0.2) is 0 Å². The molecule has 31 heavy (non-hydrogen) atoms. The van der Waals surface area contributed by atoms with Gasteiger partial charge in [-0.2, -0.15) is 23.1 Å². The maximum absolute atomic E-state index is 12.9. The fourth-order valence-electron chi connectivity index (χ4n) is 3.09. The highest BCUT2D eigenvalue weighted by Gasteiger charge is 2.19. The van der Waals surface area contributed by atoms with E-state index in [9.17, 15) is 8.42 Å². The van der Waals surface area contributed by atoms with E-state index < -0.39 is 10.0 Å². The van der Waals surface area contributed by atoms with E-state index in [-0.39, 0.29) is 4.90 Å². The van der Waals surface area contributed by atoms with Gasteiger partial charge in [0.1, 0.15) is 11.5 Å². The fourth-order valence-corrected chi connectivity index (χ4v) is 4.07. The number of nitrogens with zero attached hydrogens (tertiary/aromatic N) is 2. The summed E-state index contributed by atoms with van der Waals surface area (Å²) in [7, 11) is -0.637. The molecule has 1 aromatic heterocycles. The van der Waals surface area contributed by atoms with Gasteiger partial charge in [0, 0.05) is 11.1 Å². The van der Waals surface area contributed by atoms with Gasteiger partial charge in [0.05, 0.1) is 30.5 Å². The average molecular weight is 436 g/mol. The van der Waals surface area contributed by atoms with Crippen LogP contribution >= 0.6 is 0 Å². The van der Waals surface area contributed by atoms with Crippen molar-refractivity contribution in [2.75, 3.05) is 19.1 Å². The van der Waals surface area contributed by atoms with E-state index in [2.05, 4.69) is 9.93 Å². The Labute approximate surface area is 180 Å². The number of hydrogen-bond acceptors (Lipinski definition) is 5. The summed E-state index contributed by atoms with van der Waals surface area (Å²) in [5.74, 6) is 1.43. The molecule has 0 amide bonds. The Morgan fingerprint density at radius 2 is 1.32 bits per heavy atom. The molecule has 0 saturated heterocycles. The first-order valence-electron chi connectivity index (χ1n) is 9.47. The lowest BCUT2D eigenvalue weighted by molar-refractivity contribution is 0.414. The van der Waals surface area contributed by atoms with E-state index in [1.807, 2.05) is 54.6 Å². The molecule has 0 spiro atoms. The van der Waals surface area contributed by atoms with Gasteiger partial charge in [-0.15, -0.1) is 0 Å². The second-order valence-electron chi connectivity index (χ2n) is 6.69. The second kappa shape index (κ2) is 8.53.